The molecule has 2 rings (SSSR count). The zero-order valence-corrected chi connectivity index (χ0v) is 23.0. The van der Waals surface area contributed by atoms with Crippen molar-refractivity contribution in [3.63, 3.8) is 0 Å². The lowest BCUT2D eigenvalue weighted by Crippen LogP contribution is -2.08. The number of aromatic hydroxyl groups is 2. The zero-order chi connectivity index (χ0) is 29.2. The summed E-state index contributed by atoms with van der Waals surface area (Å²) >= 11 is 0. The van der Waals surface area contributed by atoms with E-state index >= 15 is 0 Å². The van der Waals surface area contributed by atoms with Crippen molar-refractivity contribution in [1.82, 2.24) is 0 Å². The Morgan fingerprint density at radius 3 is 1.16 bits per heavy atom. The highest BCUT2D eigenvalue weighted by Crippen LogP contribution is 2.39. The van der Waals surface area contributed by atoms with E-state index in [2.05, 4.69) is 0 Å². The van der Waals surface area contributed by atoms with Crippen LogP contribution in [0.25, 0.3) is 0 Å². The zero-order valence-electron chi connectivity index (χ0n) is 23.0. The number of Topliss-reactive ketones (excluding diaryl/α,β-unsaturated/α-hetero) is 2. The van der Waals surface area contributed by atoms with Gasteiger partial charge in [0.25, 0.3) is 0 Å². The Morgan fingerprint density at radius 2 is 0.947 bits per heavy atom. The molecule has 0 heterocycles. The summed E-state index contributed by atoms with van der Waals surface area (Å²) in [6.45, 7) is 7.58. The molecule has 0 unspecified atom stereocenters. The molecule has 0 amide bonds. The number of benzene rings is 2. The summed E-state index contributed by atoms with van der Waals surface area (Å²) in [5.41, 5.74) is -0.0380. The van der Waals surface area contributed by atoms with E-state index < -0.39 is 11.5 Å². The van der Waals surface area contributed by atoms with Gasteiger partial charge in [0.1, 0.15) is 45.6 Å². The van der Waals surface area contributed by atoms with Gasteiger partial charge in [-0.25, -0.2) is 0 Å². The minimum absolute atomic E-state index is 0.0269. The number of carbonyl (C=O) groups excluding carboxylic acids is 4. The Labute approximate surface area is 222 Å². The molecule has 0 radical (unpaired) electrons. The first-order valence-electron chi connectivity index (χ1n) is 11.8. The number of aldehydes is 2. The fraction of sp³-hybridized carbons (Fsp3) is 0.429. The number of hydrogen-bond donors (Lipinski definition) is 2. The van der Waals surface area contributed by atoms with Crippen LogP contribution in [0.15, 0.2) is 12.1 Å². The van der Waals surface area contributed by atoms with Crippen molar-refractivity contribution in [1.29, 1.82) is 0 Å². The van der Waals surface area contributed by atoms with Crippen LogP contribution < -0.4 is 18.9 Å². The molecule has 0 fully saturated rings. The third-order valence-corrected chi connectivity index (χ3v) is 5.39. The van der Waals surface area contributed by atoms with Gasteiger partial charge in [-0.2, -0.15) is 0 Å². The Kier molecular flexibility index (Phi) is 12.3. The van der Waals surface area contributed by atoms with Crippen LogP contribution in [0.3, 0.4) is 0 Å². The Bertz CT molecular complexity index is 1070. The fourth-order valence-electron chi connectivity index (χ4n) is 3.65. The molecule has 0 spiro atoms. The first kappa shape index (κ1) is 31.9. The second-order valence-electron chi connectivity index (χ2n) is 9.11. The van der Waals surface area contributed by atoms with Gasteiger partial charge in [-0.05, 0) is 11.8 Å². The highest BCUT2D eigenvalue weighted by atomic mass is 16.5. The monoisotopic (exact) mass is 532 g/mol. The molecular weight excluding hydrogens is 496 g/mol. The van der Waals surface area contributed by atoms with E-state index in [-0.39, 0.29) is 81.5 Å². The van der Waals surface area contributed by atoms with Crippen molar-refractivity contribution < 1.29 is 48.3 Å². The molecule has 0 bridgehead atoms. The summed E-state index contributed by atoms with van der Waals surface area (Å²) in [6.07, 6.45) is 1.43. The van der Waals surface area contributed by atoms with Crippen molar-refractivity contribution >= 4 is 24.1 Å². The predicted molar refractivity (Wildman–Crippen MR) is 141 cm³/mol. The molecule has 2 N–H and O–H groups in total. The lowest BCUT2D eigenvalue weighted by atomic mass is 9.97. The van der Waals surface area contributed by atoms with Gasteiger partial charge >= 0.3 is 0 Å². The van der Waals surface area contributed by atoms with E-state index in [1.54, 1.807) is 0 Å². The van der Waals surface area contributed by atoms with Gasteiger partial charge in [0.05, 0.1) is 39.6 Å². The summed E-state index contributed by atoms with van der Waals surface area (Å²) in [7, 11) is 5.52. The van der Waals surface area contributed by atoms with Crippen LogP contribution in [0.4, 0.5) is 0 Å². The van der Waals surface area contributed by atoms with Gasteiger partial charge < -0.3 is 29.2 Å². The van der Waals surface area contributed by atoms with Crippen LogP contribution in [0.1, 0.15) is 82.0 Å². The second kappa shape index (κ2) is 14.6. The molecule has 2 aromatic rings. The van der Waals surface area contributed by atoms with Gasteiger partial charge in [-0.1, -0.05) is 27.7 Å². The minimum atomic E-state index is -0.392. The minimum Gasteiger partial charge on any atom is -0.506 e. The first-order valence-corrected chi connectivity index (χ1v) is 11.8. The van der Waals surface area contributed by atoms with Crippen LogP contribution in [0, 0.1) is 11.8 Å². The molecule has 0 aliphatic carbocycles. The summed E-state index contributed by atoms with van der Waals surface area (Å²) < 4.78 is 20.2. The van der Waals surface area contributed by atoms with Gasteiger partial charge in [-0.15, -0.1) is 0 Å². The maximum Gasteiger partial charge on any atom is 0.170 e. The third kappa shape index (κ3) is 7.47. The lowest BCUT2D eigenvalue weighted by molar-refractivity contribution is 0.0952. The predicted octanol–water partition coefficient (Wildman–Crippen LogP) is 4.90. The van der Waals surface area contributed by atoms with Gasteiger partial charge in [0.2, 0.25) is 0 Å². The Balaban J connectivity index is 0.000000380. The fourth-order valence-corrected chi connectivity index (χ4v) is 3.65. The number of ketones is 2. The summed E-state index contributed by atoms with van der Waals surface area (Å²) in [5.74, 6) is -0.303. The normalized spacial score (nSPS) is 10.4. The van der Waals surface area contributed by atoms with Crippen LogP contribution in [-0.2, 0) is 0 Å². The van der Waals surface area contributed by atoms with E-state index in [0.717, 1.165) is 0 Å². The molecule has 0 aliphatic heterocycles. The summed E-state index contributed by atoms with van der Waals surface area (Å²) in [5, 5.41) is 20.2. The molecule has 2 aromatic carbocycles. The SMILES string of the molecule is COc1cc(OC)c(C(=O)CC(C)C)c(O)c1C=O.COc1cc(OC)c(C(=O)CC(C)C)c(O)c1C=O. The summed E-state index contributed by atoms with van der Waals surface area (Å²) in [4.78, 5) is 46.3. The van der Waals surface area contributed by atoms with Crippen LogP contribution in [0.2, 0.25) is 0 Å². The van der Waals surface area contributed by atoms with Gasteiger partial charge in [-0.3, -0.25) is 19.2 Å². The largest absolute Gasteiger partial charge is 0.506 e. The quantitative estimate of drug-likeness (QED) is 0.286. The highest BCUT2D eigenvalue weighted by Gasteiger charge is 2.25. The van der Waals surface area contributed by atoms with E-state index in [4.69, 9.17) is 18.9 Å². The number of ether oxygens (including phenoxy) is 4. The van der Waals surface area contributed by atoms with Crippen molar-refractivity contribution in [3.8, 4) is 34.5 Å². The average molecular weight is 533 g/mol. The number of rotatable bonds is 12. The van der Waals surface area contributed by atoms with E-state index in [1.807, 2.05) is 27.7 Å². The molecule has 10 heteroatoms. The lowest BCUT2D eigenvalue weighted by Gasteiger charge is -2.15. The Morgan fingerprint density at radius 1 is 0.658 bits per heavy atom. The van der Waals surface area contributed by atoms with Crippen molar-refractivity contribution in [2.24, 2.45) is 11.8 Å². The molecule has 0 saturated heterocycles. The maximum absolute atomic E-state index is 12.1. The van der Waals surface area contributed by atoms with E-state index in [1.165, 1.54) is 40.6 Å². The average Bonchev–Trinajstić information content (AvgIpc) is 2.86. The number of hydrogen-bond acceptors (Lipinski definition) is 10. The topological polar surface area (TPSA) is 146 Å². The number of methoxy groups -OCH3 is 4. The molecule has 0 aliphatic rings. The summed E-state index contributed by atoms with van der Waals surface area (Å²) in [6, 6.07) is 2.86. The number of phenols is 2. The van der Waals surface area contributed by atoms with Crippen LogP contribution in [-0.4, -0.2) is 62.8 Å². The van der Waals surface area contributed by atoms with E-state index in [9.17, 15) is 29.4 Å². The molecule has 208 valence electrons. The molecular formula is C28H36O10. The Hall–Kier alpha value is -4.08. The smallest absolute Gasteiger partial charge is 0.170 e. The molecule has 38 heavy (non-hydrogen) atoms. The van der Waals surface area contributed by atoms with E-state index in [0.29, 0.717) is 12.6 Å². The number of phenolic OH excluding ortho intramolecular Hbond substituents is 2. The van der Waals surface area contributed by atoms with Crippen molar-refractivity contribution in [2.75, 3.05) is 28.4 Å². The van der Waals surface area contributed by atoms with Gasteiger partial charge in [0, 0.05) is 25.0 Å². The van der Waals surface area contributed by atoms with Gasteiger partial charge in [0.15, 0.2) is 24.1 Å². The number of carbonyl (C=O) groups is 4. The molecule has 0 aromatic heterocycles. The van der Waals surface area contributed by atoms with Crippen LogP contribution in [0.5, 0.6) is 34.5 Å². The van der Waals surface area contributed by atoms with Crippen LogP contribution >= 0.6 is 0 Å². The molecule has 0 saturated carbocycles. The van der Waals surface area contributed by atoms with Crippen molar-refractivity contribution in [2.45, 2.75) is 40.5 Å². The first-order chi connectivity index (χ1) is 17.9. The second-order valence-corrected chi connectivity index (χ2v) is 9.11. The third-order valence-electron chi connectivity index (χ3n) is 5.39. The standard InChI is InChI=1S/2C14H18O5/c2*1-8(2)5-10(16)13-12(19-4)6-11(18-3)9(7-15)14(13)17/h2*6-8,17H,5H2,1-4H3. The highest BCUT2D eigenvalue weighted by molar-refractivity contribution is 6.05. The molecule has 10 nitrogen and oxygen atoms in total. The maximum atomic E-state index is 12.1. The van der Waals surface area contributed by atoms with Crippen molar-refractivity contribution in [3.05, 3.63) is 34.4 Å². The molecule has 0 atom stereocenters.